The highest BCUT2D eigenvalue weighted by molar-refractivity contribution is 7.90. The first-order valence-corrected chi connectivity index (χ1v) is 35.4. The minimum absolute atomic E-state index is 0.0317. The van der Waals surface area contributed by atoms with Crippen molar-refractivity contribution in [3.05, 3.63) is 157 Å². The Balaban J connectivity index is 1.86. The molecule has 0 saturated carbocycles. The molecular weight excluding hydrogens is 1150 g/mol. The fraction of sp³-hybridized carbons (Fsp3) is 0.549. The number of nitrogens with zero attached hydrogens (tertiary/aromatic N) is 3. The molecule has 480 valence electrons. The molecule has 0 aliphatic heterocycles. The fourth-order valence-electron chi connectivity index (χ4n) is 10.7. The van der Waals surface area contributed by atoms with E-state index in [0.717, 1.165) is 25.3 Å². The smallest absolute Gasteiger partial charge is 0.424 e. The molecule has 13 nitrogen and oxygen atoms in total. The lowest BCUT2D eigenvalue weighted by atomic mass is 9.89. The first-order chi connectivity index (χ1) is 39.9. The second kappa shape index (κ2) is 28.1. The molecule has 0 aliphatic rings. The van der Waals surface area contributed by atoms with E-state index in [4.69, 9.17) is 9.47 Å². The van der Waals surface area contributed by atoms with E-state index < -0.39 is 66.5 Å². The van der Waals surface area contributed by atoms with E-state index in [-0.39, 0.29) is 81.0 Å². The first-order valence-electron chi connectivity index (χ1n) is 31.1. The summed E-state index contributed by atoms with van der Waals surface area (Å²) in [6, 6.07) is 25.4. The lowest BCUT2D eigenvalue weighted by Gasteiger charge is -2.32. The van der Waals surface area contributed by atoms with E-state index in [2.05, 4.69) is 41.5 Å². The largest absolute Gasteiger partial charge is 0.443 e. The third-order valence-electron chi connectivity index (χ3n) is 15.7. The van der Waals surface area contributed by atoms with Crippen molar-refractivity contribution < 1.29 is 44.3 Å². The van der Waals surface area contributed by atoms with Crippen LogP contribution < -0.4 is 0 Å². The Kier molecular flexibility index (Phi) is 23.3. The molecule has 0 spiro atoms. The van der Waals surface area contributed by atoms with Crippen molar-refractivity contribution >= 4 is 42.3 Å². The molecule has 87 heavy (non-hydrogen) atoms. The zero-order chi connectivity index (χ0) is 66.0. The molecule has 0 heterocycles. The quantitative estimate of drug-likeness (QED) is 0.0614. The van der Waals surface area contributed by atoms with E-state index in [0.29, 0.717) is 55.6 Å². The molecule has 5 rings (SSSR count). The summed E-state index contributed by atoms with van der Waals surface area (Å²) >= 11 is 0. The molecule has 0 bridgehead atoms. The third kappa shape index (κ3) is 17.0. The van der Waals surface area contributed by atoms with Gasteiger partial charge < -0.3 is 9.47 Å². The number of amides is 2. The van der Waals surface area contributed by atoms with Crippen LogP contribution in [-0.2, 0) is 65.7 Å². The monoisotopic (exact) mass is 1250 g/mol. The van der Waals surface area contributed by atoms with Crippen LogP contribution in [0.15, 0.2) is 99.6 Å². The average Bonchev–Trinajstić information content (AvgIpc) is 0.817. The van der Waals surface area contributed by atoms with Crippen LogP contribution in [0.2, 0.25) is 0 Å². The van der Waals surface area contributed by atoms with Crippen LogP contribution >= 0.6 is 0 Å². The van der Waals surface area contributed by atoms with Gasteiger partial charge in [0.15, 0.2) is 0 Å². The molecule has 0 N–H and O–H groups in total. The van der Waals surface area contributed by atoms with E-state index >= 15 is 25.3 Å². The highest BCUT2D eigenvalue weighted by Crippen LogP contribution is 2.42. The van der Waals surface area contributed by atoms with Crippen LogP contribution in [0.5, 0.6) is 0 Å². The zero-order valence-electron chi connectivity index (χ0n) is 56.8. The van der Waals surface area contributed by atoms with Crippen LogP contribution in [0.3, 0.4) is 0 Å². The molecule has 0 fully saturated rings. The van der Waals surface area contributed by atoms with Crippen molar-refractivity contribution in [1.29, 1.82) is 0 Å². The van der Waals surface area contributed by atoms with Gasteiger partial charge in [0.05, 0.1) is 27.8 Å². The van der Waals surface area contributed by atoms with Gasteiger partial charge in [0.1, 0.15) is 11.2 Å². The number of rotatable bonds is 23. The summed E-state index contributed by atoms with van der Waals surface area (Å²) in [5.41, 5.74) is 5.68. The van der Waals surface area contributed by atoms with E-state index in [1.807, 2.05) is 119 Å². The topological polar surface area (TPSA) is 165 Å². The van der Waals surface area contributed by atoms with Crippen molar-refractivity contribution in [1.82, 2.24) is 12.9 Å². The SMILES string of the molecule is CC(C)c1cc(C(C)C)c(S(=O)(=O)N(Cc2ccccc2CN(C(=O)OC(C)(C)C)S(=O)(=O)c2c(C(C)C)cc(C(C)C)cc2C(C)C)Cc2ccccc2CN(C(=O)OC(C)(C)C)S(=O)(=O)c2c(C(C)C)cc(C(C)C)cc2C(C)C)c(C(C)C)c1. The number of hydrogen-bond acceptors (Lipinski definition) is 10. The van der Waals surface area contributed by atoms with Crippen LogP contribution in [0.1, 0.15) is 292 Å². The normalized spacial score (nSPS) is 13.0. The minimum Gasteiger partial charge on any atom is -0.443 e. The summed E-state index contributed by atoms with van der Waals surface area (Å²) in [6.07, 6.45) is -2.19. The summed E-state index contributed by atoms with van der Waals surface area (Å²) in [7, 11) is -14.1. The van der Waals surface area contributed by atoms with E-state index in [1.165, 1.54) is 4.31 Å². The fourth-order valence-corrected chi connectivity index (χ4v) is 16.6. The van der Waals surface area contributed by atoms with E-state index in [1.54, 1.807) is 90.1 Å². The molecule has 0 aliphatic carbocycles. The van der Waals surface area contributed by atoms with Gasteiger partial charge in [0.2, 0.25) is 10.0 Å². The molecule has 0 radical (unpaired) electrons. The summed E-state index contributed by atoms with van der Waals surface area (Å²) in [5.74, 6) is -1.31. The zero-order valence-corrected chi connectivity index (χ0v) is 59.2. The molecule has 0 aromatic heterocycles. The summed E-state index contributed by atoms with van der Waals surface area (Å²) in [4.78, 5) is 29.8. The standard InChI is InChI=1S/C71H103N3O10S3/c1-43(2)56-33-59(46(7)8)65(60(34-56)47(9)10)85(77,78)72(39-52-29-25-27-31-54(52)41-73(68(75)83-70(19,20)21)86(79,80)66-61(48(11)12)35-57(44(3)4)36-62(66)49(13)14)40-53-30-26-28-32-55(53)42-74(69(76)84-71(22,23)24)87(81,82)67-63(50(15)16)37-58(45(5)6)38-64(67)51(17)18/h25-38,43-51H,39-42H2,1-24H3. The van der Waals surface area contributed by atoms with Crippen molar-refractivity contribution in [3.63, 3.8) is 0 Å². The molecule has 5 aromatic carbocycles. The molecule has 0 unspecified atom stereocenters. The van der Waals surface area contributed by atoms with Gasteiger partial charge in [-0.3, -0.25) is 0 Å². The van der Waals surface area contributed by atoms with Gasteiger partial charge in [0, 0.05) is 13.1 Å². The Morgan fingerprint density at radius 1 is 0.345 bits per heavy atom. The Hall–Kier alpha value is -5.55. The van der Waals surface area contributed by atoms with Gasteiger partial charge in [-0.1, -0.05) is 210 Å². The minimum atomic E-state index is -4.73. The Morgan fingerprint density at radius 3 is 0.747 bits per heavy atom. The number of sulfonamides is 3. The van der Waals surface area contributed by atoms with Crippen LogP contribution in [0.4, 0.5) is 9.59 Å². The van der Waals surface area contributed by atoms with Crippen molar-refractivity contribution in [2.45, 2.75) is 271 Å². The van der Waals surface area contributed by atoms with Gasteiger partial charge in [-0.05, 0) is 167 Å². The Bertz CT molecular complexity index is 3350. The van der Waals surface area contributed by atoms with Crippen LogP contribution in [0.25, 0.3) is 0 Å². The van der Waals surface area contributed by atoms with Crippen LogP contribution in [0, 0.1) is 0 Å². The number of ether oxygens (including phenoxy) is 2. The molecule has 0 saturated heterocycles. The average molecular weight is 1250 g/mol. The maximum Gasteiger partial charge on any atom is 0.424 e. The first kappa shape index (κ1) is 72.2. The van der Waals surface area contributed by atoms with Crippen LogP contribution in [-0.4, -0.2) is 61.6 Å². The predicted molar refractivity (Wildman–Crippen MR) is 353 cm³/mol. The van der Waals surface area contributed by atoms with Crippen molar-refractivity contribution in [2.24, 2.45) is 0 Å². The number of carbonyl (C=O) groups is 2. The number of benzene rings is 5. The van der Waals surface area contributed by atoms with Gasteiger partial charge in [-0.25, -0.2) is 34.8 Å². The molecule has 16 heteroatoms. The molecule has 2 amide bonds. The Morgan fingerprint density at radius 2 is 0.552 bits per heavy atom. The predicted octanol–water partition coefficient (Wildman–Crippen LogP) is 18.4. The summed E-state index contributed by atoms with van der Waals surface area (Å²) in [6.45, 7) is 44.0. The molecular formula is C71H103N3O10S3. The molecule has 0 atom stereocenters. The van der Waals surface area contributed by atoms with Gasteiger partial charge in [0.25, 0.3) is 20.0 Å². The highest BCUT2D eigenvalue weighted by Gasteiger charge is 2.41. The van der Waals surface area contributed by atoms with Gasteiger partial charge >= 0.3 is 12.2 Å². The summed E-state index contributed by atoms with van der Waals surface area (Å²) in [5, 5.41) is 0. The van der Waals surface area contributed by atoms with E-state index in [9.17, 15) is 9.59 Å². The number of hydrogen-bond donors (Lipinski definition) is 0. The summed E-state index contributed by atoms with van der Waals surface area (Å²) < 4.78 is 111. The van der Waals surface area contributed by atoms with Gasteiger partial charge in [-0.15, -0.1) is 0 Å². The third-order valence-corrected chi connectivity index (χ3v) is 21.3. The maximum absolute atomic E-state index is 16.5. The second-order valence-electron chi connectivity index (χ2n) is 28.3. The lowest BCUT2D eigenvalue weighted by molar-refractivity contribution is 0.0368. The molecule has 5 aromatic rings. The Labute approximate surface area is 525 Å². The van der Waals surface area contributed by atoms with Gasteiger partial charge in [-0.2, -0.15) is 12.9 Å². The van der Waals surface area contributed by atoms with Crippen molar-refractivity contribution in [2.75, 3.05) is 0 Å². The number of carbonyl (C=O) groups excluding carboxylic acids is 2. The lowest BCUT2D eigenvalue weighted by Crippen LogP contribution is -2.41. The highest BCUT2D eigenvalue weighted by atomic mass is 32.2. The second-order valence-corrected chi connectivity index (χ2v) is 33.7. The van der Waals surface area contributed by atoms with Crippen molar-refractivity contribution in [3.8, 4) is 0 Å². The maximum atomic E-state index is 16.5.